The molecule has 2 heterocycles. The number of hydrogen-bond acceptors (Lipinski definition) is 3. The SMILES string of the molecule is O=C(NCc1ccc(Oc2ccc(F)cc2F)cc1)c1cccn1-c1ncc(Cl)cc1Cl. The molecule has 9 heteroatoms. The summed E-state index contributed by atoms with van der Waals surface area (Å²) in [4.78, 5) is 16.9. The Kier molecular flexibility index (Phi) is 6.39. The minimum Gasteiger partial charge on any atom is -0.454 e. The van der Waals surface area contributed by atoms with Crippen LogP contribution in [-0.4, -0.2) is 15.5 Å². The van der Waals surface area contributed by atoms with Gasteiger partial charge in [-0.05, 0) is 48.0 Å². The Labute approximate surface area is 192 Å². The van der Waals surface area contributed by atoms with E-state index in [0.29, 0.717) is 27.3 Å². The normalized spacial score (nSPS) is 10.8. The quantitative estimate of drug-likeness (QED) is 0.363. The average Bonchev–Trinajstić information content (AvgIpc) is 3.24. The van der Waals surface area contributed by atoms with E-state index < -0.39 is 11.6 Å². The zero-order chi connectivity index (χ0) is 22.7. The van der Waals surface area contributed by atoms with Crippen molar-refractivity contribution >= 4 is 29.1 Å². The lowest BCUT2D eigenvalue weighted by molar-refractivity contribution is 0.0944. The highest BCUT2D eigenvalue weighted by molar-refractivity contribution is 6.35. The van der Waals surface area contributed by atoms with E-state index in [0.717, 1.165) is 17.7 Å². The molecule has 2 aromatic carbocycles. The van der Waals surface area contributed by atoms with Crippen molar-refractivity contribution < 1.29 is 18.3 Å². The van der Waals surface area contributed by atoms with Gasteiger partial charge in [0.15, 0.2) is 17.4 Å². The summed E-state index contributed by atoms with van der Waals surface area (Å²) in [6, 6.07) is 14.7. The van der Waals surface area contributed by atoms with E-state index in [1.165, 1.54) is 12.3 Å². The molecular formula is C23H15Cl2F2N3O2. The topological polar surface area (TPSA) is 56.1 Å². The first-order valence-electron chi connectivity index (χ1n) is 9.39. The van der Waals surface area contributed by atoms with Gasteiger partial charge in [0.1, 0.15) is 17.3 Å². The number of aromatic nitrogens is 2. The number of nitrogens with one attached hydrogen (secondary N) is 1. The Morgan fingerprint density at radius 2 is 1.84 bits per heavy atom. The maximum atomic E-state index is 13.7. The highest BCUT2D eigenvalue weighted by Crippen LogP contribution is 2.26. The molecular weight excluding hydrogens is 459 g/mol. The zero-order valence-corrected chi connectivity index (χ0v) is 17.9. The summed E-state index contributed by atoms with van der Waals surface area (Å²) in [5.74, 6) is -1.11. The van der Waals surface area contributed by atoms with Crippen LogP contribution >= 0.6 is 23.2 Å². The van der Waals surface area contributed by atoms with Crippen LogP contribution in [0.5, 0.6) is 11.5 Å². The van der Waals surface area contributed by atoms with Crippen molar-refractivity contribution in [1.82, 2.24) is 14.9 Å². The molecule has 0 saturated heterocycles. The second kappa shape index (κ2) is 9.38. The first kappa shape index (κ1) is 21.8. The molecule has 0 atom stereocenters. The Morgan fingerprint density at radius 1 is 1.06 bits per heavy atom. The van der Waals surface area contributed by atoms with Crippen molar-refractivity contribution in [3.8, 4) is 17.3 Å². The van der Waals surface area contributed by atoms with E-state index in [2.05, 4.69) is 10.3 Å². The van der Waals surface area contributed by atoms with Crippen molar-refractivity contribution in [2.24, 2.45) is 0 Å². The maximum absolute atomic E-state index is 13.7. The molecule has 0 aliphatic carbocycles. The lowest BCUT2D eigenvalue weighted by atomic mass is 10.2. The summed E-state index contributed by atoms with van der Waals surface area (Å²) in [5.41, 5.74) is 1.15. The van der Waals surface area contributed by atoms with Gasteiger partial charge in [-0.25, -0.2) is 13.8 Å². The molecule has 1 N–H and O–H groups in total. The van der Waals surface area contributed by atoms with Crippen LogP contribution in [0, 0.1) is 11.6 Å². The number of halogens is 4. The number of pyridine rings is 1. The minimum atomic E-state index is -0.792. The van der Waals surface area contributed by atoms with E-state index >= 15 is 0 Å². The average molecular weight is 474 g/mol. The third-order valence-electron chi connectivity index (χ3n) is 4.50. The lowest BCUT2D eigenvalue weighted by Crippen LogP contribution is -2.25. The molecule has 4 rings (SSSR count). The molecule has 4 aromatic rings. The molecule has 1 amide bonds. The van der Waals surface area contributed by atoms with E-state index in [4.69, 9.17) is 27.9 Å². The fourth-order valence-corrected chi connectivity index (χ4v) is 3.44. The lowest BCUT2D eigenvalue weighted by Gasteiger charge is -2.11. The second-order valence-corrected chi connectivity index (χ2v) is 7.57. The van der Waals surface area contributed by atoms with Crippen molar-refractivity contribution in [3.63, 3.8) is 0 Å². The van der Waals surface area contributed by atoms with Crippen LogP contribution in [-0.2, 0) is 6.54 Å². The molecule has 0 saturated carbocycles. The summed E-state index contributed by atoms with van der Waals surface area (Å²) in [6.45, 7) is 0.247. The summed E-state index contributed by atoms with van der Waals surface area (Å²) >= 11 is 12.1. The number of amides is 1. The van der Waals surface area contributed by atoms with Crippen LogP contribution in [0.1, 0.15) is 16.1 Å². The van der Waals surface area contributed by atoms with Crippen molar-refractivity contribution in [2.75, 3.05) is 0 Å². The van der Waals surface area contributed by atoms with E-state index in [1.807, 2.05) is 0 Å². The third-order valence-corrected chi connectivity index (χ3v) is 4.98. The molecule has 32 heavy (non-hydrogen) atoms. The fourth-order valence-electron chi connectivity index (χ4n) is 2.97. The number of carbonyl (C=O) groups is 1. The Balaban J connectivity index is 1.41. The number of hydrogen-bond donors (Lipinski definition) is 1. The molecule has 0 aliphatic heterocycles. The van der Waals surface area contributed by atoms with Crippen LogP contribution in [0.25, 0.3) is 5.82 Å². The van der Waals surface area contributed by atoms with Gasteiger partial charge in [0.2, 0.25) is 0 Å². The van der Waals surface area contributed by atoms with E-state index in [-0.39, 0.29) is 18.2 Å². The number of ether oxygens (including phenoxy) is 1. The van der Waals surface area contributed by atoms with Crippen LogP contribution in [0.4, 0.5) is 8.78 Å². The molecule has 162 valence electrons. The van der Waals surface area contributed by atoms with Gasteiger partial charge in [0, 0.05) is 25.0 Å². The van der Waals surface area contributed by atoms with Crippen molar-refractivity contribution in [2.45, 2.75) is 6.54 Å². The maximum Gasteiger partial charge on any atom is 0.268 e. The number of nitrogens with zero attached hydrogens (tertiary/aromatic N) is 2. The summed E-state index contributed by atoms with van der Waals surface area (Å²) in [5, 5.41) is 3.54. The second-order valence-electron chi connectivity index (χ2n) is 6.73. The fraction of sp³-hybridized carbons (Fsp3) is 0.0435. The first-order valence-corrected chi connectivity index (χ1v) is 10.1. The summed E-state index contributed by atoms with van der Waals surface area (Å²) in [7, 11) is 0. The largest absolute Gasteiger partial charge is 0.454 e. The molecule has 0 aliphatic rings. The van der Waals surface area contributed by atoms with Gasteiger partial charge in [-0.2, -0.15) is 0 Å². The smallest absolute Gasteiger partial charge is 0.268 e. The van der Waals surface area contributed by atoms with Crippen LogP contribution in [0.15, 0.2) is 73.1 Å². The van der Waals surface area contributed by atoms with E-state index in [9.17, 15) is 13.6 Å². The monoisotopic (exact) mass is 473 g/mol. The molecule has 0 radical (unpaired) electrons. The molecule has 0 bridgehead atoms. The molecule has 5 nitrogen and oxygen atoms in total. The van der Waals surface area contributed by atoms with Gasteiger partial charge in [-0.1, -0.05) is 35.3 Å². The van der Waals surface area contributed by atoms with Gasteiger partial charge in [-0.3, -0.25) is 9.36 Å². The predicted octanol–water partition coefficient (Wildman–Crippen LogP) is 6.18. The number of rotatable bonds is 6. The molecule has 0 fully saturated rings. The standard InChI is InChI=1S/C23H15Cl2F2N3O2/c24-15-10-18(25)22(28-13-15)30-9-1-2-20(30)23(31)29-12-14-3-6-17(7-4-14)32-21-8-5-16(26)11-19(21)27/h1-11,13H,12H2,(H,29,31). The van der Waals surface area contributed by atoms with Crippen LogP contribution < -0.4 is 10.1 Å². The first-order chi connectivity index (χ1) is 15.4. The van der Waals surface area contributed by atoms with Crippen molar-refractivity contribution in [1.29, 1.82) is 0 Å². The molecule has 2 aromatic heterocycles. The van der Waals surface area contributed by atoms with Crippen LogP contribution in [0.3, 0.4) is 0 Å². The van der Waals surface area contributed by atoms with Crippen molar-refractivity contribution in [3.05, 3.63) is 106 Å². The van der Waals surface area contributed by atoms with Gasteiger partial charge < -0.3 is 10.1 Å². The van der Waals surface area contributed by atoms with Gasteiger partial charge in [0.05, 0.1) is 10.0 Å². The summed E-state index contributed by atoms with van der Waals surface area (Å²) in [6.07, 6.45) is 3.13. The van der Waals surface area contributed by atoms with Crippen LogP contribution in [0.2, 0.25) is 10.0 Å². The third kappa shape index (κ3) is 4.90. The molecule has 0 unspecified atom stereocenters. The number of benzene rings is 2. The van der Waals surface area contributed by atoms with Gasteiger partial charge in [0.25, 0.3) is 5.91 Å². The number of carbonyl (C=O) groups excluding carboxylic acids is 1. The van der Waals surface area contributed by atoms with Gasteiger partial charge in [-0.15, -0.1) is 0 Å². The highest BCUT2D eigenvalue weighted by atomic mass is 35.5. The Bertz CT molecular complexity index is 1280. The Morgan fingerprint density at radius 3 is 2.56 bits per heavy atom. The predicted molar refractivity (Wildman–Crippen MR) is 118 cm³/mol. The Hall–Kier alpha value is -3.42. The zero-order valence-electron chi connectivity index (χ0n) is 16.4. The van der Waals surface area contributed by atoms with Gasteiger partial charge >= 0.3 is 0 Å². The minimum absolute atomic E-state index is 0.0808. The van der Waals surface area contributed by atoms with E-state index in [1.54, 1.807) is 53.2 Å². The summed E-state index contributed by atoms with van der Waals surface area (Å²) < 4.78 is 33.7. The highest BCUT2D eigenvalue weighted by Gasteiger charge is 2.15. The molecule has 0 spiro atoms.